The predicted octanol–water partition coefficient (Wildman–Crippen LogP) is 3.79. The van der Waals surface area contributed by atoms with E-state index in [-0.39, 0.29) is 35.5 Å². The number of allylic oxidation sites excluding steroid dienone is 2. The van der Waals surface area contributed by atoms with Crippen LogP contribution in [0.15, 0.2) is 66.7 Å². The van der Waals surface area contributed by atoms with Crippen LogP contribution in [0.25, 0.3) is 0 Å². The van der Waals surface area contributed by atoms with E-state index in [1.165, 1.54) is 4.90 Å². The lowest BCUT2D eigenvalue weighted by Crippen LogP contribution is -2.32. The van der Waals surface area contributed by atoms with Crippen molar-refractivity contribution >= 4 is 17.5 Å². The molecule has 2 amide bonds. The fraction of sp³-hybridized carbons (Fsp3) is 0.238. The molecular weight excluding hydrogens is 314 g/mol. The number of fused-ring (bicyclic) bond motifs is 5. The predicted molar refractivity (Wildman–Crippen MR) is 93.2 cm³/mol. The van der Waals surface area contributed by atoms with E-state index >= 15 is 0 Å². The van der Waals surface area contributed by atoms with E-state index in [4.69, 9.17) is 4.74 Å². The van der Waals surface area contributed by atoms with Gasteiger partial charge in [-0.1, -0.05) is 30.4 Å². The third-order valence-corrected chi connectivity index (χ3v) is 5.54. The van der Waals surface area contributed by atoms with E-state index in [1.807, 2.05) is 30.3 Å². The molecule has 2 bridgehead atoms. The Labute approximate surface area is 145 Å². The normalized spacial score (nSPS) is 29.4. The Morgan fingerprint density at radius 3 is 1.92 bits per heavy atom. The summed E-state index contributed by atoms with van der Waals surface area (Å²) in [5.74, 6) is 1.46. The molecule has 4 heteroatoms. The molecule has 1 heterocycles. The van der Waals surface area contributed by atoms with Gasteiger partial charge in [0.1, 0.15) is 11.5 Å². The molecule has 4 atom stereocenters. The minimum Gasteiger partial charge on any atom is -0.457 e. The number of nitrogens with zero attached hydrogens (tertiary/aromatic N) is 1. The summed E-state index contributed by atoms with van der Waals surface area (Å²) in [5.41, 5.74) is 0.629. The van der Waals surface area contributed by atoms with Crippen molar-refractivity contribution in [2.75, 3.05) is 4.90 Å². The molecular formula is C21H17NO3. The highest BCUT2D eigenvalue weighted by Gasteiger charge is 2.59. The molecule has 4 unspecified atom stereocenters. The Hall–Kier alpha value is -2.88. The first-order chi connectivity index (χ1) is 12.2. The standard InChI is InChI=1S/C21H17NO3/c23-20-18-13-6-7-14(12-13)19(18)21(24)22(20)15-8-10-17(11-9-15)25-16-4-2-1-3-5-16/h1-11,13-14,18-19H,12H2. The second-order valence-electron chi connectivity index (χ2n) is 6.92. The maximum atomic E-state index is 12.8. The van der Waals surface area contributed by atoms with Crippen molar-refractivity contribution in [3.05, 3.63) is 66.7 Å². The summed E-state index contributed by atoms with van der Waals surface area (Å²) in [7, 11) is 0. The van der Waals surface area contributed by atoms with Crippen LogP contribution in [0, 0.1) is 23.7 Å². The van der Waals surface area contributed by atoms with Gasteiger partial charge in [-0.3, -0.25) is 14.5 Å². The number of para-hydroxylation sites is 1. The third-order valence-electron chi connectivity index (χ3n) is 5.54. The van der Waals surface area contributed by atoms with E-state index in [2.05, 4.69) is 12.2 Å². The van der Waals surface area contributed by atoms with Gasteiger partial charge in [0.2, 0.25) is 11.8 Å². The fourth-order valence-electron chi connectivity index (χ4n) is 4.44. The number of amides is 2. The maximum Gasteiger partial charge on any atom is 0.238 e. The molecule has 2 aromatic rings. The molecule has 0 aromatic heterocycles. The van der Waals surface area contributed by atoms with Crippen LogP contribution in [-0.4, -0.2) is 11.8 Å². The van der Waals surface area contributed by atoms with Crippen LogP contribution in [0.4, 0.5) is 5.69 Å². The first kappa shape index (κ1) is 14.5. The molecule has 25 heavy (non-hydrogen) atoms. The van der Waals surface area contributed by atoms with E-state index in [9.17, 15) is 9.59 Å². The molecule has 1 aliphatic heterocycles. The molecule has 1 saturated heterocycles. The average Bonchev–Trinajstić information content (AvgIpc) is 3.31. The number of carbonyl (C=O) groups is 2. The van der Waals surface area contributed by atoms with Gasteiger partial charge in [0.15, 0.2) is 0 Å². The quantitative estimate of drug-likeness (QED) is 0.635. The van der Waals surface area contributed by atoms with Crippen LogP contribution >= 0.6 is 0 Å². The van der Waals surface area contributed by atoms with Crippen LogP contribution in [0.2, 0.25) is 0 Å². The van der Waals surface area contributed by atoms with E-state index < -0.39 is 0 Å². The number of imide groups is 1. The van der Waals surface area contributed by atoms with Gasteiger partial charge in [0.05, 0.1) is 17.5 Å². The van der Waals surface area contributed by atoms with Gasteiger partial charge < -0.3 is 4.74 Å². The summed E-state index contributed by atoms with van der Waals surface area (Å²) < 4.78 is 5.77. The van der Waals surface area contributed by atoms with E-state index in [0.29, 0.717) is 11.4 Å². The van der Waals surface area contributed by atoms with Crippen LogP contribution in [0.3, 0.4) is 0 Å². The Balaban J connectivity index is 1.39. The van der Waals surface area contributed by atoms with Gasteiger partial charge >= 0.3 is 0 Å². The highest BCUT2D eigenvalue weighted by Crippen LogP contribution is 2.53. The van der Waals surface area contributed by atoms with Gasteiger partial charge in [-0.15, -0.1) is 0 Å². The molecule has 124 valence electrons. The molecule has 0 N–H and O–H groups in total. The third kappa shape index (κ3) is 2.14. The maximum absolute atomic E-state index is 12.8. The zero-order valence-corrected chi connectivity index (χ0v) is 13.5. The summed E-state index contributed by atoms with van der Waals surface area (Å²) >= 11 is 0. The molecule has 5 rings (SSSR count). The number of anilines is 1. The zero-order chi connectivity index (χ0) is 17.0. The number of benzene rings is 2. The Bertz CT molecular complexity index is 842. The van der Waals surface area contributed by atoms with Gasteiger partial charge in [-0.2, -0.15) is 0 Å². The summed E-state index contributed by atoms with van der Waals surface area (Å²) in [5, 5.41) is 0. The van der Waals surface area contributed by atoms with Crippen molar-refractivity contribution in [3.8, 4) is 11.5 Å². The Morgan fingerprint density at radius 1 is 0.760 bits per heavy atom. The molecule has 2 fully saturated rings. The number of carbonyl (C=O) groups excluding carboxylic acids is 2. The lowest BCUT2D eigenvalue weighted by molar-refractivity contribution is -0.123. The molecule has 2 aliphatic carbocycles. The van der Waals surface area contributed by atoms with E-state index in [1.54, 1.807) is 24.3 Å². The van der Waals surface area contributed by atoms with E-state index in [0.717, 1.165) is 12.2 Å². The van der Waals surface area contributed by atoms with Crippen molar-refractivity contribution < 1.29 is 14.3 Å². The van der Waals surface area contributed by atoms with Crippen molar-refractivity contribution in [2.45, 2.75) is 6.42 Å². The number of hydrogen-bond donors (Lipinski definition) is 0. The number of hydrogen-bond acceptors (Lipinski definition) is 3. The molecule has 1 saturated carbocycles. The first-order valence-electron chi connectivity index (χ1n) is 8.61. The first-order valence-corrected chi connectivity index (χ1v) is 8.61. The molecule has 0 spiro atoms. The smallest absolute Gasteiger partial charge is 0.238 e. The minimum absolute atomic E-state index is 0.0522. The topological polar surface area (TPSA) is 46.6 Å². The van der Waals surface area contributed by atoms with Gasteiger partial charge in [0.25, 0.3) is 0 Å². The SMILES string of the molecule is O=C1C2C3C=CC(C3)C2C(=O)N1c1ccc(Oc2ccccc2)cc1. The van der Waals surface area contributed by atoms with Gasteiger partial charge in [0, 0.05) is 0 Å². The summed E-state index contributed by atoms with van der Waals surface area (Å²) in [6.45, 7) is 0. The lowest BCUT2D eigenvalue weighted by atomic mass is 9.85. The van der Waals surface area contributed by atoms with Crippen molar-refractivity contribution in [3.63, 3.8) is 0 Å². The van der Waals surface area contributed by atoms with Crippen LogP contribution in [0.1, 0.15) is 6.42 Å². The fourth-order valence-corrected chi connectivity index (χ4v) is 4.44. The summed E-state index contributed by atoms with van der Waals surface area (Å²) in [4.78, 5) is 27.0. The number of rotatable bonds is 3. The highest BCUT2D eigenvalue weighted by atomic mass is 16.5. The molecule has 3 aliphatic rings. The second kappa shape index (κ2) is 5.31. The zero-order valence-electron chi connectivity index (χ0n) is 13.5. The molecule has 2 aromatic carbocycles. The molecule has 0 radical (unpaired) electrons. The second-order valence-corrected chi connectivity index (χ2v) is 6.92. The van der Waals surface area contributed by atoms with Crippen molar-refractivity contribution in [2.24, 2.45) is 23.7 Å². The average molecular weight is 331 g/mol. The summed E-state index contributed by atoms with van der Waals surface area (Å²) in [6, 6.07) is 16.7. The van der Waals surface area contributed by atoms with Crippen LogP contribution in [-0.2, 0) is 9.59 Å². The monoisotopic (exact) mass is 331 g/mol. The van der Waals surface area contributed by atoms with Crippen molar-refractivity contribution in [1.29, 1.82) is 0 Å². The summed E-state index contributed by atoms with van der Waals surface area (Å²) in [6.07, 6.45) is 5.17. The lowest BCUT2D eigenvalue weighted by Gasteiger charge is -2.17. The number of ether oxygens (including phenoxy) is 1. The van der Waals surface area contributed by atoms with Crippen LogP contribution in [0.5, 0.6) is 11.5 Å². The Kier molecular flexibility index (Phi) is 3.07. The van der Waals surface area contributed by atoms with Crippen molar-refractivity contribution in [1.82, 2.24) is 0 Å². The van der Waals surface area contributed by atoms with Crippen LogP contribution < -0.4 is 9.64 Å². The minimum atomic E-state index is -0.164. The largest absolute Gasteiger partial charge is 0.457 e. The van der Waals surface area contributed by atoms with Gasteiger partial charge in [-0.25, -0.2) is 0 Å². The molecule has 4 nitrogen and oxygen atoms in total. The van der Waals surface area contributed by atoms with Gasteiger partial charge in [-0.05, 0) is 54.7 Å². The Morgan fingerprint density at radius 2 is 1.32 bits per heavy atom. The highest BCUT2D eigenvalue weighted by molar-refractivity contribution is 6.22.